The van der Waals surface area contributed by atoms with Crippen molar-refractivity contribution in [2.24, 2.45) is 11.8 Å². The normalized spacial score (nSPS) is 24.5. The number of ether oxygens (including phenoxy) is 4. The van der Waals surface area contributed by atoms with Gasteiger partial charge in [0.25, 0.3) is 0 Å². The summed E-state index contributed by atoms with van der Waals surface area (Å²) >= 11 is 0. The molecular weight excluding hydrogens is 328 g/mol. The van der Waals surface area contributed by atoms with Gasteiger partial charge in [-0.3, -0.25) is 0 Å². The smallest absolute Gasteiger partial charge is 0.126 e. The van der Waals surface area contributed by atoms with Crippen molar-refractivity contribution in [3.8, 4) is 23.0 Å². The van der Waals surface area contributed by atoms with Gasteiger partial charge in [0.1, 0.15) is 23.0 Å². The zero-order valence-electron chi connectivity index (χ0n) is 16.4. The van der Waals surface area contributed by atoms with Crippen LogP contribution in [0.3, 0.4) is 0 Å². The van der Waals surface area contributed by atoms with Crippen molar-refractivity contribution >= 4 is 0 Å². The lowest BCUT2D eigenvalue weighted by atomic mass is 9.53. The summed E-state index contributed by atoms with van der Waals surface area (Å²) in [6.07, 6.45) is 0. The fourth-order valence-electron chi connectivity index (χ4n) is 4.30. The first-order valence-corrected chi connectivity index (χ1v) is 8.99. The molecule has 3 rings (SSSR count). The average molecular weight is 356 g/mol. The van der Waals surface area contributed by atoms with Crippen molar-refractivity contribution in [1.29, 1.82) is 0 Å². The quantitative estimate of drug-likeness (QED) is 0.740. The largest absolute Gasteiger partial charge is 0.497 e. The van der Waals surface area contributed by atoms with Crippen LogP contribution >= 0.6 is 0 Å². The summed E-state index contributed by atoms with van der Waals surface area (Å²) in [6.45, 7) is 4.62. The Bertz CT molecular complexity index is 705. The van der Waals surface area contributed by atoms with E-state index in [0.29, 0.717) is 23.7 Å². The molecule has 2 aromatic carbocycles. The van der Waals surface area contributed by atoms with Crippen LogP contribution < -0.4 is 18.9 Å². The fraction of sp³-hybridized carbons (Fsp3) is 0.455. The molecule has 140 valence electrons. The number of hydrogen-bond acceptors (Lipinski definition) is 4. The molecule has 0 unspecified atom stereocenters. The van der Waals surface area contributed by atoms with Crippen molar-refractivity contribution in [2.75, 3.05) is 28.4 Å². The molecule has 2 aromatic rings. The lowest BCUT2D eigenvalue weighted by molar-refractivity contribution is 0.118. The minimum atomic E-state index is 0.369. The molecule has 0 aromatic heterocycles. The first-order chi connectivity index (χ1) is 12.5. The Morgan fingerprint density at radius 2 is 0.962 bits per heavy atom. The van der Waals surface area contributed by atoms with Crippen LogP contribution in [0.5, 0.6) is 23.0 Å². The monoisotopic (exact) mass is 356 g/mol. The summed E-state index contributed by atoms with van der Waals surface area (Å²) in [4.78, 5) is 0. The third kappa shape index (κ3) is 2.98. The third-order valence-corrected chi connectivity index (χ3v) is 5.95. The van der Waals surface area contributed by atoms with Gasteiger partial charge in [-0.1, -0.05) is 26.0 Å². The summed E-state index contributed by atoms with van der Waals surface area (Å²) in [5, 5.41) is 0. The second-order valence-electron chi connectivity index (χ2n) is 6.99. The first-order valence-electron chi connectivity index (χ1n) is 8.99. The second kappa shape index (κ2) is 7.48. The van der Waals surface area contributed by atoms with Crippen molar-refractivity contribution in [1.82, 2.24) is 0 Å². The molecule has 4 atom stereocenters. The van der Waals surface area contributed by atoms with Gasteiger partial charge in [0, 0.05) is 12.1 Å². The molecule has 0 heterocycles. The number of benzene rings is 2. The molecule has 1 saturated carbocycles. The van der Waals surface area contributed by atoms with Crippen LogP contribution in [0.2, 0.25) is 0 Å². The van der Waals surface area contributed by atoms with Gasteiger partial charge in [-0.15, -0.1) is 0 Å². The molecule has 4 nitrogen and oxygen atoms in total. The standard InChI is InChI=1S/C22H28O4/c1-13-14(2)22(18-10-8-16(24-4)12-20(18)26-6)21(13)17-9-7-15(23-3)11-19(17)25-5/h7-14,21-22H,1-6H3/t13-,14-,21-,22-/m1/s1. The zero-order chi connectivity index (χ0) is 18.8. The van der Waals surface area contributed by atoms with E-state index >= 15 is 0 Å². The number of methoxy groups -OCH3 is 4. The van der Waals surface area contributed by atoms with Crippen LogP contribution in [0.15, 0.2) is 36.4 Å². The van der Waals surface area contributed by atoms with Gasteiger partial charge in [-0.05, 0) is 46.9 Å². The highest BCUT2D eigenvalue weighted by Crippen LogP contribution is 2.60. The summed E-state index contributed by atoms with van der Waals surface area (Å²) in [5.74, 6) is 5.22. The van der Waals surface area contributed by atoms with Crippen LogP contribution in [-0.4, -0.2) is 28.4 Å². The third-order valence-electron chi connectivity index (χ3n) is 5.95. The summed E-state index contributed by atoms with van der Waals surface area (Å²) < 4.78 is 22.0. The molecule has 0 spiro atoms. The Balaban J connectivity index is 2.03. The molecule has 1 aliphatic carbocycles. The van der Waals surface area contributed by atoms with Gasteiger partial charge in [0.2, 0.25) is 0 Å². The minimum Gasteiger partial charge on any atom is -0.497 e. The molecule has 0 bridgehead atoms. The summed E-state index contributed by atoms with van der Waals surface area (Å²) in [6, 6.07) is 12.2. The van der Waals surface area contributed by atoms with Gasteiger partial charge >= 0.3 is 0 Å². The second-order valence-corrected chi connectivity index (χ2v) is 6.99. The maximum absolute atomic E-state index is 5.67. The SMILES string of the molecule is COc1ccc([C@H]2[C@H](C)[C@@H](C)[C@@H]2c2ccc(OC)cc2OC)c(OC)c1. The van der Waals surface area contributed by atoms with Crippen molar-refractivity contribution in [3.63, 3.8) is 0 Å². The zero-order valence-corrected chi connectivity index (χ0v) is 16.4. The van der Waals surface area contributed by atoms with E-state index in [9.17, 15) is 0 Å². The van der Waals surface area contributed by atoms with Crippen molar-refractivity contribution in [2.45, 2.75) is 25.7 Å². The van der Waals surface area contributed by atoms with E-state index in [1.165, 1.54) is 11.1 Å². The maximum atomic E-state index is 5.67. The van der Waals surface area contributed by atoms with Gasteiger partial charge in [0.15, 0.2) is 0 Å². The Kier molecular flexibility index (Phi) is 5.30. The highest BCUT2D eigenvalue weighted by molar-refractivity contribution is 5.50. The number of rotatable bonds is 6. The highest BCUT2D eigenvalue weighted by atomic mass is 16.5. The Morgan fingerprint density at radius 3 is 1.27 bits per heavy atom. The van der Waals surface area contributed by atoms with Gasteiger partial charge in [-0.2, -0.15) is 0 Å². The summed E-state index contributed by atoms with van der Waals surface area (Å²) in [7, 11) is 6.78. The lowest BCUT2D eigenvalue weighted by Crippen LogP contribution is -2.40. The predicted molar refractivity (Wildman–Crippen MR) is 103 cm³/mol. The molecular formula is C22H28O4. The number of hydrogen-bond donors (Lipinski definition) is 0. The van der Waals surface area contributed by atoms with E-state index in [4.69, 9.17) is 18.9 Å². The van der Waals surface area contributed by atoms with E-state index in [1.807, 2.05) is 24.3 Å². The highest BCUT2D eigenvalue weighted by Gasteiger charge is 2.48. The fourth-order valence-corrected chi connectivity index (χ4v) is 4.30. The van der Waals surface area contributed by atoms with E-state index < -0.39 is 0 Å². The molecule has 0 saturated heterocycles. The van der Waals surface area contributed by atoms with E-state index in [0.717, 1.165) is 23.0 Å². The first kappa shape index (κ1) is 18.4. The van der Waals surface area contributed by atoms with Crippen molar-refractivity contribution in [3.05, 3.63) is 47.5 Å². The lowest BCUT2D eigenvalue weighted by Gasteiger charge is -2.50. The molecule has 0 aliphatic heterocycles. The van der Waals surface area contributed by atoms with Gasteiger partial charge in [0.05, 0.1) is 28.4 Å². The van der Waals surface area contributed by atoms with Crippen LogP contribution in [-0.2, 0) is 0 Å². The Labute approximate surface area is 156 Å². The van der Waals surface area contributed by atoms with Crippen LogP contribution in [0.4, 0.5) is 0 Å². The average Bonchev–Trinajstić information content (AvgIpc) is 2.70. The van der Waals surface area contributed by atoms with Crippen LogP contribution in [0, 0.1) is 11.8 Å². The molecule has 0 radical (unpaired) electrons. The Hall–Kier alpha value is -2.36. The Morgan fingerprint density at radius 1 is 0.577 bits per heavy atom. The van der Waals surface area contributed by atoms with Crippen molar-refractivity contribution < 1.29 is 18.9 Å². The van der Waals surface area contributed by atoms with Gasteiger partial charge in [-0.25, -0.2) is 0 Å². The molecule has 1 fully saturated rings. The molecule has 1 aliphatic rings. The molecule has 0 N–H and O–H groups in total. The van der Waals surface area contributed by atoms with E-state index in [1.54, 1.807) is 28.4 Å². The van der Waals surface area contributed by atoms with Gasteiger partial charge < -0.3 is 18.9 Å². The maximum Gasteiger partial charge on any atom is 0.126 e. The molecule has 4 heteroatoms. The topological polar surface area (TPSA) is 36.9 Å². The van der Waals surface area contributed by atoms with Crippen LogP contribution in [0.1, 0.15) is 36.8 Å². The minimum absolute atomic E-state index is 0.369. The molecule has 26 heavy (non-hydrogen) atoms. The van der Waals surface area contributed by atoms with E-state index in [2.05, 4.69) is 26.0 Å². The summed E-state index contributed by atoms with van der Waals surface area (Å²) in [5.41, 5.74) is 2.45. The van der Waals surface area contributed by atoms with Crippen LogP contribution in [0.25, 0.3) is 0 Å². The predicted octanol–water partition coefficient (Wildman–Crippen LogP) is 4.87. The van der Waals surface area contributed by atoms with E-state index in [-0.39, 0.29) is 0 Å². The molecule has 0 amide bonds.